The van der Waals surface area contributed by atoms with Crippen molar-refractivity contribution < 1.29 is 34.2 Å². The second kappa shape index (κ2) is 16.0. The Morgan fingerprint density at radius 1 is 0.739 bits per heavy atom. The lowest BCUT2D eigenvalue weighted by Gasteiger charge is -2.25. The van der Waals surface area contributed by atoms with Gasteiger partial charge in [-0.1, -0.05) is 36.4 Å². The zero-order valence-electron chi connectivity index (χ0n) is 25.2. The number of rotatable bonds is 17. The first-order valence-electron chi connectivity index (χ1n) is 14.8. The van der Waals surface area contributed by atoms with Crippen molar-refractivity contribution in [3.8, 4) is 0 Å². The molecule has 0 bridgehead atoms. The second-order valence-corrected chi connectivity index (χ2v) is 12.0. The minimum atomic E-state index is -1.27. The van der Waals surface area contributed by atoms with Gasteiger partial charge in [-0.05, 0) is 48.1 Å². The molecule has 3 amide bonds. The van der Waals surface area contributed by atoms with Crippen molar-refractivity contribution in [3.63, 3.8) is 0 Å². The normalized spacial score (nSPS) is 13.9. The molecule has 0 aliphatic carbocycles. The second-order valence-electron chi connectivity index (χ2n) is 11.0. The van der Waals surface area contributed by atoms with Gasteiger partial charge in [0, 0.05) is 53.5 Å². The fraction of sp³-hybridized carbons (Fsp3) is 0.344. The average molecular weight is 651 g/mol. The van der Waals surface area contributed by atoms with Crippen LogP contribution >= 0.6 is 11.8 Å². The first kappa shape index (κ1) is 34.1. The average Bonchev–Trinajstić information content (AvgIpc) is 3.64. The van der Waals surface area contributed by atoms with Gasteiger partial charge in [-0.2, -0.15) is 11.8 Å². The molecule has 0 saturated carbocycles. The predicted molar refractivity (Wildman–Crippen MR) is 175 cm³/mol. The van der Waals surface area contributed by atoms with E-state index in [1.54, 1.807) is 12.4 Å². The van der Waals surface area contributed by atoms with Gasteiger partial charge >= 0.3 is 11.9 Å². The van der Waals surface area contributed by atoms with E-state index in [2.05, 4.69) is 25.9 Å². The number of amides is 3. The SMILES string of the molecule is CSCCC(NC(=O)C(Cc1c[nH]c2ccccc12)NC(=O)C(N)CCC(=O)O)C(=O)NC(Cc1c[nH]c2ccccc12)C(=O)O. The van der Waals surface area contributed by atoms with E-state index in [-0.39, 0.29) is 32.1 Å². The third-order valence-electron chi connectivity index (χ3n) is 7.70. The summed E-state index contributed by atoms with van der Waals surface area (Å²) < 4.78 is 0. The lowest BCUT2D eigenvalue weighted by atomic mass is 10.0. The van der Waals surface area contributed by atoms with Gasteiger partial charge in [-0.15, -0.1) is 0 Å². The Hall–Kier alpha value is -4.82. The van der Waals surface area contributed by atoms with E-state index in [1.165, 1.54) is 11.8 Å². The van der Waals surface area contributed by atoms with E-state index in [4.69, 9.17) is 10.8 Å². The highest BCUT2D eigenvalue weighted by Gasteiger charge is 2.31. The van der Waals surface area contributed by atoms with Crippen molar-refractivity contribution in [3.05, 3.63) is 72.1 Å². The number of nitrogens with one attached hydrogen (secondary N) is 5. The van der Waals surface area contributed by atoms with Crippen LogP contribution in [0.25, 0.3) is 21.8 Å². The summed E-state index contributed by atoms with van der Waals surface area (Å²) in [6.45, 7) is 0. The number of benzene rings is 2. The van der Waals surface area contributed by atoms with Crippen LogP contribution in [0.2, 0.25) is 0 Å². The molecule has 4 unspecified atom stereocenters. The molecular formula is C32H38N6O7S. The first-order chi connectivity index (χ1) is 22.1. The first-order valence-corrected chi connectivity index (χ1v) is 16.2. The number of carbonyl (C=O) groups excluding carboxylic acids is 3. The number of hydrogen-bond acceptors (Lipinski definition) is 7. The third kappa shape index (κ3) is 8.88. The van der Waals surface area contributed by atoms with Crippen LogP contribution in [-0.4, -0.2) is 86.0 Å². The number of carboxylic acids is 2. The number of aromatic amines is 2. The van der Waals surface area contributed by atoms with Crippen LogP contribution in [0.3, 0.4) is 0 Å². The molecule has 4 atom stereocenters. The summed E-state index contributed by atoms with van der Waals surface area (Å²) in [5, 5.41) is 28.6. The van der Waals surface area contributed by atoms with Crippen LogP contribution in [-0.2, 0) is 36.8 Å². The molecule has 4 aromatic rings. The number of aliphatic carboxylic acids is 2. The number of fused-ring (bicyclic) bond motifs is 2. The fourth-order valence-corrected chi connectivity index (χ4v) is 5.66. The smallest absolute Gasteiger partial charge is 0.326 e. The van der Waals surface area contributed by atoms with Gasteiger partial charge in [0.05, 0.1) is 6.04 Å². The number of para-hydroxylation sites is 2. The maximum absolute atomic E-state index is 13.8. The molecule has 2 heterocycles. The number of carbonyl (C=O) groups is 5. The van der Waals surface area contributed by atoms with Gasteiger partial charge in [0.2, 0.25) is 17.7 Å². The Morgan fingerprint density at radius 3 is 1.78 bits per heavy atom. The zero-order valence-corrected chi connectivity index (χ0v) is 26.1. The lowest BCUT2D eigenvalue weighted by Crippen LogP contribution is -2.58. The molecule has 0 radical (unpaired) electrons. The van der Waals surface area contributed by atoms with Crippen LogP contribution < -0.4 is 21.7 Å². The van der Waals surface area contributed by atoms with Crippen LogP contribution in [0.5, 0.6) is 0 Å². The highest BCUT2D eigenvalue weighted by Crippen LogP contribution is 2.21. The van der Waals surface area contributed by atoms with Gasteiger partial charge in [0.1, 0.15) is 18.1 Å². The van der Waals surface area contributed by atoms with Gasteiger partial charge in [0.15, 0.2) is 0 Å². The fourth-order valence-electron chi connectivity index (χ4n) is 5.19. The number of H-pyrrole nitrogens is 2. The number of hydrogen-bond donors (Lipinski definition) is 8. The van der Waals surface area contributed by atoms with Crippen LogP contribution in [0.1, 0.15) is 30.4 Å². The molecule has 0 aliphatic heterocycles. The molecule has 2 aromatic heterocycles. The summed E-state index contributed by atoms with van der Waals surface area (Å²) in [5.74, 6) is -3.91. The van der Waals surface area contributed by atoms with Crippen LogP contribution in [0, 0.1) is 0 Å². The van der Waals surface area contributed by atoms with Crippen molar-refractivity contribution in [1.82, 2.24) is 25.9 Å². The molecule has 46 heavy (non-hydrogen) atoms. The Morgan fingerprint density at radius 2 is 1.24 bits per heavy atom. The summed E-state index contributed by atoms with van der Waals surface area (Å²) in [6, 6.07) is 10.1. The van der Waals surface area contributed by atoms with E-state index >= 15 is 0 Å². The van der Waals surface area contributed by atoms with E-state index in [0.29, 0.717) is 11.3 Å². The lowest BCUT2D eigenvalue weighted by molar-refractivity contribution is -0.142. The molecule has 4 rings (SSSR count). The Bertz CT molecular complexity index is 1700. The number of aromatic nitrogens is 2. The molecule has 13 nitrogen and oxygen atoms in total. The van der Waals surface area contributed by atoms with Gasteiger partial charge < -0.3 is 41.9 Å². The number of thioether (sulfide) groups is 1. The highest BCUT2D eigenvalue weighted by atomic mass is 32.2. The molecule has 0 saturated heterocycles. The minimum Gasteiger partial charge on any atom is -0.481 e. The molecule has 14 heteroatoms. The maximum atomic E-state index is 13.8. The van der Waals surface area contributed by atoms with Gasteiger partial charge in [-0.3, -0.25) is 19.2 Å². The van der Waals surface area contributed by atoms with Gasteiger partial charge in [0.25, 0.3) is 0 Å². The van der Waals surface area contributed by atoms with E-state index in [9.17, 15) is 29.1 Å². The topological polar surface area (TPSA) is 219 Å². The third-order valence-corrected chi connectivity index (χ3v) is 8.34. The Balaban J connectivity index is 1.53. The maximum Gasteiger partial charge on any atom is 0.326 e. The molecule has 0 aliphatic rings. The van der Waals surface area contributed by atoms with Gasteiger partial charge in [-0.25, -0.2) is 4.79 Å². The molecule has 0 spiro atoms. The van der Waals surface area contributed by atoms with Crippen molar-refractivity contribution in [2.75, 3.05) is 12.0 Å². The minimum absolute atomic E-state index is 0.0156. The van der Waals surface area contributed by atoms with E-state index in [0.717, 1.165) is 27.4 Å². The summed E-state index contributed by atoms with van der Waals surface area (Å²) in [6.07, 6.45) is 5.07. The Kier molecular flexibility index (Phi) is 11.8. The molecular weight excluding hydrogens is 612 g/mol. The molecule has 0 fully saturated rings. The van der Waals surface area contributed by atoms with E-state index in [1.807, 2.05) is 54.8 Å². The molecule has 2 aromatic carbocycles. The quantitative estimate of drug-likeness (QED) is 0.0835. The van der Waals surface area contributed by atoms with Crippen LogP contribution in [0.4, 0.5) is 0 Å². The molecule has 244 valence electrons. The highest BCUT2D eigenvalue weighted by molar-refractivity contribution is 7.98. The van der Waals surface area contributed by atoms with Crippen molar-refractivity contribution in [1.29, 1.82) is 0 Å². The summed E-state index contributed by atoms with van der Waals surface area (Å²) in [7, 11) is 0. The van der Waals surface area contributed by atoms with Crippen molar-refractivity contribution in [2.45, 2.75) is 56.3 Å². The zero-order chi connectivity index (χ0) is 33.2. The van der Waals surface area contributed by atoms with Crippen LogP contribution in [0.15, 0.2) is 60.9 Å². The summed E-state index contributed by atoms with van der Waals surface area (Å²) >= 11 is 1.45. The standard InChI is InChI=1S/C32H38N6O7S/c1-46-13-12-25(30(42)38-27(32(44)45)15-19-17-35-24-9-5-3-7-21(19)24)36-31(43)26(37-29(41)22(33)10-11-28(39)40)14-18-16-34-23-8-4-2-6-20(18)23/h2-9,16-17,22,25-27,34-35H,10-15,33H2,1H3,(H,36,43)(H,37,41)(H,38,42)(H,39,40)(H,44,45). The Labute approximate surface area is 269 Å². The largest absolute Gasteiger partial charge is 0.481 e. The van der Waals surface area contributed by atoms with E-state index < -0.39 is 53.8 Å². The summed E-state index contributed by atoms with van der Waals surface area (Å²) in [5.41, 5.74) is 9.04. The number of nitrogens with two attached hydrogens (primary N) is 1. The predicted octanol–water partition coefficient (Wildman–Crippen LogP) is 1.92. The van der Waals surface area contributed by atoms with Crippen molar-refractivity contribution in [2.24, 2.45) is 5.73 Å². The number of carboxylic acid groups (broad SMARTS) is 2. The summed E-state index contributed by atoms with van der Waals surface area (Å²) in [4.78, 5) is 69.7. The van der Waals surface area contributed by atoms with Crippen molar-refractivity contribution >= 4 is 63.2 Å². The molecule has 9 N–H and O–H groups in total. The monoisotopic (exact) mass is 650 g/mol.